The molecule has 1 N–H and O–H groups in total. The number of nitrogens with one attached hydrogen (secondary N) is 1. The molecule has 19 heavy (non-hydrogen) atoms. The predicted octanol–water partition coefficient (Wildman–Crippen LogP) is 3.81. The Balaban J connectivity index is 2.01. The van der Waals surface area contributed by atoms with Crippen LogP contribution >= 0.6 is 34.5 Å². The molecular formula is C12H9Cl2N3OS. The van der Waals surface area contributed by atoms with E-state index in [0.717, 1.165) is 10.6 Å². The summed E-state index contributed by atoms with van der Waals surface area (Å²) in [7, 11) is 0. The van der Waals surface area contributed by atoms with Crippen LogP contribution in [0.25, 0.3) is 6.08 Å². The number of rotatable bonds is 3. The molecule has 1 heterocycles. The normalized spacial score (nSPS) is 10.9. The number of nitrogens with zero attached hydrogens (tertiary/aromatic N) is 2. The van der Waals surface area contributed by atoms with Crippen LogP contribution in [-0.4, -0.2) is 16.1 Å². The van der Waals surface area contributed by atoms with Crippen molar-refractivity contribution in [2.45, 2.75) is 6.92 Å². The predicted molar refractivity (Wildman–Crippen MR) is 78.8 cm³/mol. The molecular weight excluding hydrogens is 305 g/mol. The molecule has 0 aliphatic carbocycles. The van der Waals surface area contributed by atoms with E-state index in [9.17, 15) is 4.79 Å². The second-order valence-corrected chi connectivity index (χ2v) is 5.62. The first-order valence-electron chi connectivity index (χ1n) is 5.29. The van der Waals surface area contributed by atoms with Gasteiger partial charge in [0.2, 0.25) is 11.0 Å². The third kappa shape index (κ3) is 4.02. The molecule has 0 unspecified atom stereocenters. The highest BCUT2D eigenvalue weighted by Crippen LogP contribution is 2.23. The molecule has 0 fully saturated rings. The van der Waals surface area contributed by atoms with Gasteiger partial charge in [0, 0.05) is 6.08 Å². The first-order valence-corrected chi connectivity index (χ1v) is 6.86. The number of hydrogen-bond donors (Lipinski definition) is 1. The summed E-state index contributed by atoms with van der Waals surface area (Å²) in [5.41, 5.74) is 0.790. The Labute approximate surface area is 124 Å². The van der Waals surface area contributed by atoms with E-state index in [4.69, 9.17) is 23.2 Å². The van der Waals surface area contributed by atoms with Gasteiger partial charge in [-0.3, -0.25) is 10.1 Å². The molecule has 2 rings (SSSR count). The van der Waals surface area contributed by atoms with E-state index in [-0.39, 0.29) is 5.91 Å². The Morgan fingerprint density at radius 1 is 1.32 bits per heavy atom. The summed E-state index contributed by atoms with van der Waals surface area (Å²) in [5.74, 6) is -0.276. The summed E-state index contributed by atoms with van der Waals surface area (Å²) in [4.78, 5) is 11.6. The monoisotopic (exact) mass is 313 g/mol. The summed E-state index contributed by atoms with van der Waals surface area (Å²) >= 11 is 13.0. The third-order valence-electron chi connectivity index (χ3n) is 2.13. The zero-order valence-corrected chi connectivity index (χ0v) is 12.2. The molecule has 0 saturated carbocycles. The van der Waals surface area contributed by atoms with Gasteiger partial charge in [-0.2, -0.15) is 0 Å². The zero-order chi connectivity index (χ0) is 13.8. The minimum Gasteiger partial charge on any atom is -0.297 e. The average molecular weight is 314 g/mol. The molecule has 0 saturated heterocycles. The van der Waals surface area contributed by atoms with Gasteiger partial charge in [-0.1, -0.05) is 40.6 Å². The number of amides is 1. The van der Waals surface area contributed by atoms with Crippen molar-refractivity contribution in [2.75, 3.05) is 5.32 Å². The quantitative estimate of drug-likeness (QED) is 0.877. The van der Waals surface area contributed by atoms with Crippen LogP contribution < -0.4 is 5.32 Å². The van der Waals surface area contributed by atoms with Crippen LogP contribution in [0.3, 0.4) is 0 Å². The van der Waals surface area contributed by atoms with Crippen molar-refractivity contribution in [3.8, 4) is 0 Å². The molecule has 0 atom stereocenters. The lowest BCUT2D eigenvalue weighted by atomic mass is 10.2. The third-order valence-corrected chi connectivity index (χ3v) is 3.62. The van der Waals surface area contributed by atoms with E-state index in [0.29, 0.717) is 15.2 Å². The fraction of sp³-hybridized carbons (Fsp3) is 0.0833. The van der Waals surface area contributed by atoms with Gasteiger partial charge in [0.25, 0.3) is 0 Å². The molecule has 1 aromatic carbocycles. The summed E-state index contributed by atoms with van der Waals surface area (Å²) in [6.45, 7) is 1.82. The maximum atomic E-state index is 11.6. The molecule has 4 nitrogen and oxygen atoms in total. The van der Waals surface area contributed by atoms with Crippen molar-refractivity contribution in [3.63, 3.8) is 0 Å². The largest absolute Gasteiger partial charge is 0.297 e. The van der Waals surface area contributed by atoms with Crippen molar-refractivity contribution in [2.24, 2.45) is 0 Å². The molecule has 2 aromatic rings. The number of benzene rings is 1. The lowest BCUT2D eigenvalue weighted by molar-refractivity contribution is -0.111. The van der Waals surface area contributed by atoms with Gasteiger partial charge in [0.1, 0.15) is 5.01 Å². The Kier molecular flexibility index (Phi) is 4.52. The number of aromatic nitrogens is 2. The molecule has 1 aromatic heterocycles. The second-order valence-electron chi connectivity index (χ2n) is 3.62. The number of carbonyl (C=O) groups is 1. The summed E-state index contributed by atoms with van der Waals surface area (Å²) in [5, 5.41) is 12.4. The minimum atomic E-state index is -0.276. The van der Waals surface area contributed by atoms with Gasteiger partial charge in [0.15, 0.2) is 0 Å². The number of anilines is 1. The number of halogens is 2. The van der Waals surface area contributed by atoms with Crippen LogP contribution in [0.15, 0.2) is 24.3 Å². The minimum absolute atomic E-state index is 0.276. The highest BCUT2D eigenvalue weighted by atomic mass is 35.5. The Morgan fingerprint density at radius 2 is 2.11 bits per heavy atom. The van der Waals surface area contributed by atoms with Crippen molar-refractivity contribution in [1.82, 2.24) is 10.2 Å². The summed E-state index contributed by atoms with van der Waals surface area (Å²) in [6, 6.07) is 5.13. The van der Waals surface area contributed by atoms with Crippen molar-refractivity contribution in [3.05, 3.63) is 44.9 Å². The highest BCUT2D eigenvalue weighted by Gasteiger charge is 2.03. The first-order chi connectivity index (χ1) is 9.04. The van der Waals surface area contributed by atoms with Crippen molar-refractivity contribution in [1.29, 1.82) is 0 Å². The van der Waals surface area contributed by atoms with Crippen molar-refractivity contribution >= 4 is 51.7 Å². The number of aryl methyl sites for hydroxylation is 1. The SMILES string of the molecule is Cc1nnc(NC(=O)/C=C/c2ccc(Cl)c(Cl)c2)s1. The first kappa shape index (κ1) is 14.0. The Morgan fingerprint density at radius 3 is 2.74 bits per heavy atom. The smallest absolute Gasteiger partial charge is 0.250 e. The van der Waals surface area contributed by atoms with Gasteiger partial charge >= 0.3 is 0 Å². The topological polar surface area (TPSA) is 54.9 Å². The van der Waals surface area contributed by atoms with E-state index in [1.165, 1.54) is 17.4 Å². The molecule has 0 bridgehead atoms. The van der Waals surface area contributed by atoms with Gasteiger partial charge < -0.3 is 0 Å². The van der Waals surface area contributed by atoms with Crippen LogP contribution in [0.4, 0.5) is 5.13 Å². The number of hydrogen-bond acceptors (Lipinski definition) is 4. The van der Waals surface area contributed by atoms with Gasteiger partial charge in [-0.15, -0.1) is 10.2 Å². The van der Waals surface area contributed by atoms with Gasteiger partial charge in [0.05, 0.1) is 10.0 Å². The average Bonchev–Trinajstić information content (AvgIpc) is 2.76. The van der Waals surface area contributed by atoms with Gasteiger partial charge in [-0.25, -0.2) is 0 Å². The second kappa shape index (κ2) is 6.14. The van der Waals surface area contributed by atoms with E-state index in [2.05, 4.69) is 15.5 Å². The van der Waals surface area contributed by atoms with Gasteiger partial charge in [-0.05, 0) is 30.7 Å². The zero-order valence-electron chi connectivity index (χ0n) is 9.85. The molecule has 1 amide bonds. The number of carbonyl (C=O) groups excluding carboxylic acids is 1. The molecule has 0 aliphatic rings. The maximum absolute atomic E-state index is 11.6. The van der Waals surface area contributed by atoms with Crippen molar-refractivity contribution < 1.29 is 4.79 Å². The van der Waals surface area contributed by atoms with E-state index >= 15 is 0 Å². The standard InChI is InChI=1S/C12H9Cl2N3OS/c1-7-16-17-12(19-7)15-11(18)5-3-8-2-4-9(13)10(14)6-8/h2-6H,1H3,(H,15,17,18)/b5-3+. The van der Waals surface area contributed by atoms with Crippen LogP contribution in [0.2, 0.25) is 10.0 Å². The molecule has 0 radical (unpaired) electrons. The summed E-state index contributed by atoms with van der Waals surface area (Å²) in [6.07, 6.45) is 3.04. The van der Waals surface area contributed by atoms with E-state index < -0.39 is 0 Å². The highest BCUT2D eigenvalue weighted by molar-refractivity contribution is 7.15. The fourth-order valence-corrected chi connectivity index (χ4v) is 2.18. The van der Waals surface area contributed by atoms with Crippen LogP contribution in [-0.2, 0) is 4.79 Å². The van der Waals surface area contributed by atoms with E-state index in [1.54, 1.807) is 24.3 Å². The molecule has 98 valence electrons. The summed E-state index contributed by atoms with van der Waals surface area (Å²) < 4.78 is 0. The van der Waals surface area contributed by atoms with Crippen LogP contribution in [0.1, 0.15) is 10.6 Å². The van der Waals surface area contributed by atoms with Crippen LogP contribution in [0, 0.1) is 6.92 Å². The van der Waals surface area contributed by atoms with E-state index in [1.807, 2.05) is 6.92 Å². The maximum Gasteiger partial charge on any atom is 0.250 e. The lowest BCUT2D eigenvalue weighted by Crippen LogP contribution is -2.07. The molecule has 0 spiro atoms. The molecule has 0 aliphatic heterocycles. The lowest BCUT2D eigenvalue weighted by Gasteiger charge is -1.98. The van der Waals surface area contributed by atoms with Crippen LogP contribution in [0.5, 0.6) is 0 Å². The Hall–Kier alpha value is -1.43. The molecule has 7 heteroatoms. The fourth-order valence-electron chi connectivity index (χ4n) is 1.28. The Bertz CT molecular complexity index is 640.